The van der Waals surface area contributed by atoms with Crippen molar-refractivity contribution < 1.29 is 23.9 Å². The first-order chi connectivity index (χ1) is 12.5. The van der Waals surface area contributed by atoms with Gasteiger partial charge in [-0.05, 0) is 31.2 Å². The van der Waals surface area contributed by atoms with Crippen molar-refractivity contribution in [2.75, 3.05) is 5.32 Å². The SMILES string of the molecule is CC(=O)c1cccc(NC2=C(Cl)C(=O)O[C@H]2OC(=O)c2ccccc2)c1. The molecule has 1 atom stereocenters. The number of hydrogen-bond acceptors (Lipinski definition) is 6. The van der Waals surface area contributed by atoms with Crippen molar-refractivity contribution in [3.05, 3.63) is 76.5 Å². The highest BCUT2D eigenvalue weighted by Gasteiger charge is 2.36. The highest BCUT2D eigenvalue weighted by Crippen LogP contribution is 2.29. The number of benzene rings is 2. The van der Waals surface area contributed by atoms with Crippen LogP contribution in [0.15, 0.2) is 65.3 Å². The first-order valence-electron chi connectivity index (χ1n) is 7.70. The van der Waals surface area contributed by atoms with Gasteiger partial charge in [0, 0.05) is 11.3 Å². The summed E-state index contributed by atoms with van der Waals surface area (Å²) in [7, 11) is 0. The molecule has 0 bridgehead atoms. The monoisotopic (exact) mass is 371 g/mol. The van der Waals surface area contributed by atoms with E-state index in [1.807, 2.05) is 0 Å². The Bertz CT molecular complexity index is 907. The van der Waals surface area contributed by atoms with Gasteiger partial charge in [-0.3, -0.25) is 4.79 Å². The van der Waals surface area contributed by atoms with Crippen LogP contribution in [0, 0.1) is 0 Å². The van der Waals surface area contributed by atoms with E-state index in [9.17, 15) is 14.4 Å². The maximum atomic E-state index is 12.2. The van der Waals surface area contributed by atoms with Crippen molar-refractivity contribution in [2.45, 2.75) is 13.2 Å². The molecule has 0 aliphatic carbocycles. The molecule has 3 rings (SSSR count). The fraction of sp³-hybridized carbons (Fsp3) is 0.105. The van der Waals surface area contributed by atoms with Crippen LogP contribution in [-0.2, 0) is 14.3 Å². The van der Waals surface area contributed by atoms with Crippen LogP contribution in [0.5, 0.6) is 0 Å². The molecule has 0 unspecified atom stereocenters. The zero-order valence-electron chi connectivity index (χ0n) is 13.7. The zero-order valence-corrected chi connectivity index (χ0v) is 14.4. The van der Waals surface area contributed by atoms with Gasteiger partial charge in [0.25, 0.3) is 6.29 Å². The highest BCUT2D eigenvalue weighted by atomic mass is 35.5. The second kappa shape index (κ2) is 7.41. The van der Waals surface area contributed by atoms with Gasteiger partial charge in [0.2, 0.25) is 0 Å². The van der Waals surface area contributed by atoms with Crippen LogP contribution in [0.2, 0.25) is 0 Å². The van der Waals surface area contributed by atoms with E-state index < -0.39 is 18.2 Å². The van der Waals surface area contributed by atoms with E-state index in [2.05, 4.69) is 5.32 Å². The highest BCUT2D eigenvalue weighted by molar-refractivity contribution is 6.42. The van der Waals surface area contributed by atoms with Crippen molar-refractivity contribution in [3.63, 3.8) is 0 Å². The molecule has 0 saturated carbocycles. The van der Waals surface area contributed by atoms with E-state index in [4.69, 9.17) is 21.1 Å². The summed E-state index contributed by atoms with van der Waals surface area (Å²) in [6.45, 7) is 1.44. The van der Waals surface area contributed by atoms with E-state index in [-0.39, 0.29) is 16.5 Å². The number of Topliss-reactive ketones (excluding diaryl/α,β-unsaturated/α-hetero) is 1. The summed E-state index contributed by atoms with van der Waals surface area (Å²) in [5, 5.41) is 2.68. The van der Waals surface area contributed by atoms with E-state index in [0.29, 0.717) is 16.8 Å². The maximum absolute atomic E-state index is 12.2. The van der Waals surface area contributed by atoms with E-state index in [1.165, 1.54) is 6.92 Å². The topological polar surface area (TPSA) is 81.7 Å². The number of nitrogens with one attached hydrogen (secondary N) is 1. The molecule has 132 valence electrons. The first-order valence-corrected chi connectivity index (χ1v) is 8.08. The Morgan fingerprint density at radius 3 is 2.46 bits per heavy atom. The lowest BCUT2D eigenvalue weighted by atomic mass is 10.1. The summed E-state index contributed by atoms with van der Waals surface area (Å²) >= 11 is 5.99. The molecule has 1 aliphatic heterocycles. The fourth-order valence-corrected chi connectivity index (χ4v) is 2.51. The number of anilines is 1. The van der Waals surface area contributed by atoms with Gasteiger partial charge in [0.1, 0.15) is 5.70 Å². The van der Waals surface area contributed by atoms with Gasteiger partial charge in [-0.1, -0.05) is 41.9 Å². The predicted molar refractivity (Wildman–Crippen MR) is 94.7 cm³/mol. The van der Waals surface area contributed by atoms with E-state index in [0.717, 1.165) is 0 Å². The number of ketones is 1. The minimum atomic E-state index is -1.30. The predicted octanol–water partition coefficient (Wildman–Crippen LogP) is 3.49. The van der Waals surface area contributed by atoms with Gasteiger partial charge in [-0.2, -0.15) is 0 Å². The quantitative estimate of drug-likeness (QED) is 0.640. The van der Waals surface area contributed by atoms with Crippen LogP contribution in [0.25, 0.3) is 0 Å². The molecule has 1 heterocycles. The number of rotatable bonds is 5. The van der Waals surface area contributed by atoms with Crippen LogP contribution in [0.1, 0.15) is 27.6 Å². The summed E-state index contributed by atoms with van der Waals surface area (Å²) in [5.41, 5.74) is 1.39. The second-order valence-electron chi connectivity index (χ2n) is 5.50. The van der Waals surface area contributed by atoms with Gasteiger partial charge in [0.05, 0.1) is 5.56 Å². The van der Waals surface area contributed by atoms with Gasteiger partial charge in [-0.15, -0.1) is 0 Å². The molecule has 0 fully saturated rings. The number of cyclic esters (lactones) is 1. The Hall–Kier alpha value is -3.12. The van der Waals surface area contributed by atoms with Crippen molar-refractivity contribution in [2.24, 2.45) is 0 Å². The third kappa shape index (κ3) is 3.75. The molecular formula is C19H14ClNO5. The normalized spacial score (nSPS) is 16.2. The van der Waals surface area contributed by atoms with Crippen LogP contribution in [0.3, 0.4) is 0 Å². The van der Waals surface area contributed by atoms with E-state index >= 15 is 0 Å². The van der Waals surface area contributed by atoms with Gasteiger partial charge >= 0.3 is 11.9 Å². The first kappa shape index (κ1) is 17.7. The number of ether oxygens (including phenoxy) is 2. The molecule has 0 radical (unpaired) electrons. The van der Waals surface area contributed by atoms with Crippen molar-refractivity contribution in [1.29, 1.82) is 0 Å². The summed E-state index contributed by atoms with van der Waals surface area (Å²) in [6.07, 6.45) is -1.30. The van der Waals surface area contributed by atoms with Gasteiger partial charge in [0.15, 0.2) is 10.8 Å². The summed E-state index contributed by atoms with van der Waals surface area (Å²) in [4.78, 5) is 35.5. The number of esters is 2. The molecule has 1 aliphatic rings. The molecule has 26 heavy (non-hydrogen) atoms. The third-order valence-electron chi connectivity index (χ3n) is 3.64. The number of carbonyl (C=O) groups excluding carboxylic acids is 3. The van der Waals surface area contributed by atoms with Crippen LogP contribution in [0.4, 0.5) is 5.69 Å². The van der Waals surface area contributed by atoms with Crippen LogP contribution >= 0.6 is 11.6 Å². The molecular weight excluding hydrogens is 358 g/mol. The molecule has 2 aromatic carbocycles. The maximum Gasteiger partial charge on any atom is 0.355 e. The van der Waals surface area contributed by atoms with Crippen LogP contribution < -0.4 is 5.32 Å². The Balaban J connectivity index is 1.81. The van der Waals surface area contributed by atoms with Gasteiger partial charge in [-0.25, -0.2) is 9.59 Å². The third-order valence-corrected chi connectivity index (χ3v) is 4.00. The molecule has 6 nitrogen and oxygen atoms in total. The second-order valence-corrected chi connectivity index (χ2v) is 5.88. The molecule has 1 N–H and O–H groups in total. The smallest absolute Gasteiger partial charge is 0.355 e. The Labute approximate surface area is 154 Å². The lowest BCUT2D eigenvalue weighted by molar-refractivity contribution is -0.152. The molecule has 2 aromatic rings. The molecule has 0 saturated heterocycles. The standard InChI is InChI=1S/C19H14ClNO5/c1-11(22)13-8-5-9-14(10-13)21-16-15(20)18(24)26-19(16)25-17(23)12-6-3-2-4-7-12/h2-10,19,21H,1H3/t19-/m1/s1. The molecule has 0 amide bonds. The fourth-order valence-electron chi connectivity index (χ4n) is 2.33. The number of halogens is 1. The number of hydrogen-bond donors (Lipinski definition) is 1. The minimum Gasteiger partial charge on any atom is -0.415 e. The Morgan fingerprint density at radius 1 is 1.08 bits per heavy atom. The summed E-state index contributed by atoms with van der Waals surface area (Å²) in [5.74, 6) is -1.58. The average Bonchev–Trinajstić information content (AvgIpc) is 2.90. The van der Waals surface area contributed by atoms with E-state index in [1.54, 1.807) is 54.6 Å². The number of carbonyl (C=O) groups is 3. The molecule has 7 heteroatoms. The lowest BCUT2D eigenvalue weighted by Gasteiger charge is -2.16. The van der Waals surface area contributed by atoms with Crippen molar-refractivity contribution in [3.8, 4) is 0 Å². The molecule has 0 spiro atoms. The van der Waals surface area contributed by atoms with Gasteiger partial charge < -0.3 is 14.8 Å². The largest absolute Gasteiger partial charge is 0.415 e. The minimum absolute atomic E-state index is 0.0987. The average molecular weight is 372 g/mol. The van der Waals surface area contributed by atoms with Crippen LogP contribution in [-0.4, -0.2) is 24.0 Å². The van der Waals surface area contributed by atoms with Crippen molar-refractivity contribution in [1.82, 2.24) is 0 Å². The van der Waals surface area contributed by atoms with Crippen molar-refractivity contribution >= 4 is 35.0 Å². The Morgan fingerprint density at radius 2 is 1.77 bits per heavy atom. The Kier molecular flexibility index (Phi) is 5.04. The molecule has 0 aromatic heterocycles. The summed E-state index contributed by atoms with van der Waals surface area (Å²) in [6, 6.07) is 14.9. The summed E-state index contributed by atoms with van der Waals surface area (Å²) < 4.78 is 10.3. The zero-order chi connectivity index (χ0) is 18.7. The lowest BCUT2D eigenvalue weighted by Crippen LogP contribution is -2.24.